The summed E-state index contributed by atoms with van der Waals surface area (Å²) in [5.41, 5.74) is 2.18. The highest BCUT2D eigenvalue weighted by Crippen LogP contribution is 2.32. The van der Waals surface area contributed by atoms with Crippen molar-refractivity contribution in [3.63, 3.8) is 0 Å². The van der Waals surface area contributed by atoms with E-state index < -0.39 is 0 Å². The Hall–Kier alpha value is -0.980. The van der Waals surface area contributed by atoms with Crippen LogP contribution in [0.3, 0.4) is 0 Å². The second kappa shape index (κ2) is 4.95. The van der Waals surface area contributed by atoms with Gasteiger partial charge in [0.05, 0.1) is 27.6 Å². The molecular formula is C12H12BrN3OS. The smallest absolute Gasteiger partial charge is 0.171 e. The van der Waals surface area contributed by atoms with Crippen molar-refractivity contribution in [1.82, 2.24) is 9.97 Å². The fourth-order valence-electron chi connectivity index (χ4n) is 1.98. The summed E-state index contributed by atoms with van der Waals surface area (Å²) in [5, 5.41) is 3.13. The van der Waals surface area contributed by atoms with Gasteiger partial charge in [0.25, 0.3) is 0 Å². The Kier molecular flexibility index (Phi) is 3.32. The highest BCUT2D eigenvalue weighted by atomic mass is 79.9. The first kappa shape index (κ1) is 12.1. The number of rotatable bonds is 2. The van der Waals surface area contributed by atoms with E-state index in [1.165, 1.54) is 0 Å². The molecule has 0 saturated carbocycles. The predicted octanol–water partition coefficient (Wildman–Crippen LogP) is 3.08. The minimum Gasteiger partial charge on any atom is -0.376 e. The molecular weight excluding hydrogens is 314 g/mol. The lowest BCUT2D eigenvalue weighted by Gasteiger charge is -2.18. The first-order valence-corrected chi connectivity index (χ1v) is 7.30. The van der Waals surface area contributed by atoms with Crippen molar-refractivity contribution >= 4 is 33.1 Å². The van der Waals surface area contributed by atoms with Crippen molar-refractivity contribution in [1.29, 1.82) is 0 Å². The van der Waals surface area contributed by atoms with E-state index in [-0.39, 0.29) is 0 Å². The number of halogens is 1. The summed E-state index contributed by atoms with van der Waals surface area (Å²) in [4.78, 5) is 10.3. The van der Waals surface area contributed by atoms with E-state index in [1.54, 1.807) is 11.3 Å². The van der Waals surface area contributed by atoms with Crippen molar-refractivity contribution in [3.8, 4) is 10.7 Å². The summed E-state index contributed by atoms with van der Waals surface area (Å²) in [6.45, 7) is 1.33. The van der Waals surface area contributed by atoms with Gasteiger partial charge in [0.15, 0.2) is 5.82 Å². The molecule has 2 aromatic heterocycles. The van der Waals surface area contributed by atoms with Gasteiger partial charge in [-0.15, -0.1) is 11.3 Å². The van der Waals surface area contributed by atoms with Gasteiger partial charge in [0.1, 0.15) is 5.82 Å². The van der Waals surface area contributed by atoms with Crippen LogP contribution in [-0.4, -0.2) is 23.6 Å². The topological polar surface area (TPSA) is 47.0 Å². The van der Waals surface area contributed by atoms with Crippen LogP contribution in [0.2, 0.25) is 0 Å². The molecule has 18 heavy (non-hydrogen) atoms. The van der Waals surface area contributed by atoms with E-state index in [1.807, 2.05) is 19.2 Å². The Morgan fingerprint density at radius 1 is 1.39 bits per heavy atom. The Morgan fingerprint density at radius 3 is 3.00 bits per heavy atom. The Labute approximate surface area is 118 Å². The number of aromatic nitrogens is 2. The third-order valence-electron chi connectivity index (χ3n) is 2.85. The molecule has 4 nitrogen and oxygen atoms in total. The largest absolute Gasteiger partial charge is 0.376 e. The van der Waals surface area contributed by atoms with Gasteiger partial charge in [0, 0.05) is 19.0 Å². The van der Waals surface area contributed by atoms with Gasteiger partial charge in [-0.3, -0.25) is 0 Å². The van der Waals surface area contributed by atoms with E-state index in [9.17, 15) is 0 Å². The lowest BCUT2D eigenvalue weighted by molar-refractivity contribution is 0.109. The summed E-state index contributed by atoms with van der Waals surface area (Å²) in [5.74, 6) is 1.66. The van der Waals surface area contributed by atoms with E-state index in [0.29, 0.717) is 6.61 Å². The monoisotopic (exact) mass is 325 g/mol. The Balaban J connectivity index is 2.11. The molecule has 0 unspecified atom stereocenters. The molecule has 6 heteroatoms. The van der Waals surface area contributed by atoms with Crippen molar-refractivity contribution in [2.24, 2.45) is 0 Å². The van der Waals surface area contributed by atoms with Crippen molar-refractivity contribution in [2.75, 3.05) is 19.0 Å². The van der Waals surface area contributed by atoms with Gasteiger partial charge in [-0.05, 0) is 28.1 Å². The van der Waals surface area contributed by atoms with Crippen molar-refractivity contribution < 1.29 is 4.74 Å². The lowest BCUT2D eigenvalue weighted by atomic mass is 10.1. The van der Waals surface area contributed by atoms with Gasteiger partial charge in [-0.1, -0.05) is 0 Å². The number of anilines is 1. The molecule has 0 fully saturated rings. The van der Waals surface area contributed by atoms with Crippen LogP contribution in [-0.2, 0) is 17.8 Å². The average Bonchev–Trinajstić information content (AvgIpc) is 2.84. The van der Waals surface area contributed by atoms with E-state index in [4.69, 9.17) is 4.74 Å². The molecule has 0 aromatic carbocycles. The molecule has 0 spiro atoms. The van der Waals surface area contributed by atoms with E-state index >= 15 is 0 Å². The van der Waals surface area contributed by atoms with Gasteiger partial charge in [0.2, 0.25) is 0 Å². The number of thiophene rings is 1. The van der Waals surface area contributed by atoms with Crippen molar-refractivity contribution in [3.05, 3.63) is 27.2 Å². The molecule has 0 bridgehead atoms. The number of nitrogens with one attached hydrogen (secondary N) is 1. The third-order valence-corrected chi connectivity index (χ3v) is 4.47. The minimum atomic E-state index is 0.597. The van der Waals surface area contributed by atoms with Gasteiger partial charge >= 0.3 is 0 Å². The summed E-state index contributed by atoms with van der Waals surface area (Å²) < 4.78 is 6.55. The molecule has 3 rings (SSSR count). The maximum absolute atomic E-state index is 5.46. The molecule has 1 aliphatic heterocycles. The molecule has 2 aromatic rings. The molecule has 0 amide bonds. The van der Waals surface area contributed by atoms with Gasteiger partial charge in [-0.2, -0.15) is 0 Å². The number of hydrogen-bond donors (Lipinski definition) is 1. The standard InChI is InChI=1S/C12H12BrN3OS/c1-14-11-7-6-17-5-4-8(7)15-12(16-11)9-2-3-10(13)18-9/h2-3H,4-6H2,1H3,(H,14,15,16). The zero-order chi connectivity index (χ0) is 12.5. The van der Waals surface area contributed by atoms with Crippen LogP contribution in [0.4, 0.5) is 5.82 Å². The van der Waals surface area contributed by atoms with Crippen LogP contribution in [0.1, 0.15) is 11.3 Å². The molecule has 1 aliphatic rings. The third kappa shape index (κ3) is 2.15. The summed E-state index contributed by atoms with van der Waals surface area (Å²) in [6.07, 6.45) is 0.853. The first-order valence-electron chi connectivity index (χ1n) is 5.69. The molecule has 94 valence electrons. The van der Waals surface area contributed by atoms with Crippen LogP contribution >= 0.6 is 27.3 Å². The normalized spacial score (nSPS) is 14.3. The second-order valence-electron chi connectivity index (χ2n) is 3.98. The van der Waals surface area contributed by atoms with Crippen LogP contribution in [0.5, 0.6) is 0 Å². The van der Waals surface area contributed by atoms with E-state index in [2.05, 4.69) is 31.2 Å². The maximum atomic E-state index is 5.46. The fourth-order valence-corrected chi connectivity index (χ4v) is 3.30. The molecule has 0 saturated heterocycles. The first-order chi connectivity index (χ1) is 8.78. The van der Waals surface area contributed by atoms with Crippen LogP contribution in [0.25, 0.3) is 10.7 Å². The lowest BCUT2D eigenvalue weighted by Crippen LogP contribution is -2.15. The Bertz CT molecular complexity index is 567. The number of nitrogens with zero attached hydrogens (tertiary/aromatic N) is 2. The minimum absolute atomic E-state index is 0.597. The Morgan fingerprint density at radius 2 is 2.28 bits per heavy atom. The summed E-state index contributed by atoms with van der Waals surface area (Å²) >= 11 is 5.11. The predicted molar refractivity (Wildman–Crippen MR) is 76.0 cm³/mol. The highest BCUT2D eigenvalue weighted by molar-refractivity contribution is 9.11. The van der Waals surface area contributed by atoms with Crippen molar-refractivity contribution in [2.45, 2.75) is 13.0 Å². The highest BCUT2D eigenvalue weighted by Gasteiger charge is 2.18. The number of hydrogen-bond acceptors (Lipinski definition) is 5. The van der Waals surface area contributed by atoms with Crippen LogP contribution in [0, 0.1) is 0 Å². The summed E-state index contributed by atoms with van der Waals surface area (Å²) in [7, 11) is 1.88. The van der Waals surface area contributed by atoms with Gasteiger partial charge in [-0.25, -0.2) is 9.97 Å². The SMILES string of the molecule is CNc1nc(-c2ccc(Br)s2)nc2c1COCC2. The fraction of sp³-hybridized carbons (Fsp3) is 0.333. The van der Waals surface area contributed by atoms with Gasteiger partial charge < -0.3 is 10.1 Å². The molecule has 0 atom stereocenters. The molecule has 0 radical (unpaired) electrons. The number of fused-ring (bicyclic) bond motifs is 1. The van der Waals surface area contributed by atoms with E-state index in [0.717, 1.165) is 44.6 Å². The second-order valence-corrected chi connectivity index (χ2v) is 6.44. The molecule has 0 aliphatic carbocycles. The summed E-state index contributed by atoms with van der Waals surface area (Å²) in [6, 6.07) is 4.06. The zero-order valence-electron chi connectivity index (χ0n) is 9.86. The quantitative estimate of drug-likeness (QED) is 0.921. The molecule has 1 N–H and O–H groups in total. The molecule has 3 heterocycles. The maximum Gasteiger partial charge on any atom is 0.171 e. The number of ether oxygens (including phenoxy) is 1. The average molecular weight is 326 g/mol. The van der Waals surface area contributed by atoms with Crippen LogP contribution < -0.4 is 5.32 Å². The van der Waals surface area contributed by atoms with Crippen LogP contribution in [0.15, 0.2) is 15.9 Å². The zero-order valence-corrected chi connectivity index (χ0v) is 12.3.